The van der Waals surface area contributed by atoms with Crippen LogP contribution in [-0.2, 0) is 22.6 Å². The Bertz CT molecular complexity index is 845. The lowest BCUT2D eigenvalue weighted by Gasteiger charge is -2.27. The van der Waals surface area contributed by atoms with Crippen molar-refractivity contribution in [2.24, 2.45) is 0 Å². The van der Waals surface area contributed by atoms with Gasteiger partial charge in [0.1, 0.15) is 0 Å². The highest BCUT2D eigenvalue weighted by Crippen LogP contribution is 2.34. The average Bonchev–Trinajstić information content (AvgIpc) is 2.95. The molecule has 0 spiro atoms. The molecule has 0 fully saturated rings. The van der Waals surface area contributed by atoms with E-state index < -0.39 is 0 Å². The van der Waals surface area contributed by atoms with Gasteiger partial charge in [-0.15, -0.1) is 0 Å². The van der Waals surface area contributed by atoms with Gasteiger partial charge in [-0.05, 0) is 23.1 Å². The summed E-state index contributed by atoms with van der Waals surface area (Å²) < 4.78 is 5.68. The van der Waals surface area contributed by atoms with Gasteiger partial charge in [0.15, 0.2) is 5.78 Å². The Balaban J connectivity index is 1.77. The smallest absolute Gasteiger partial charge is 0.217 e. The fourth-order valence-electron chi connectivity index (χ4n) is 3.57. The molecule has 0 bridgehead atoms. The van der Waals surface area contributed by atoms with E-state index in [1.54, 1.807) is 6.20 Å². The predicted molar refractivity (Wildman–Crippen MR) is 88.5 cm³/mol. The number of carbonyl (C=O) groups is 2. The number of ketones is 1. The molecule has 5 heteroatoms. The first-order valence-corrected chi connectivity index (χ1v) is 8.11. The Morgan fingerprint density at radius 1 is 1.25 bits per heavy atom. The molecule has 24 heavy (non-hydrogen) atoms. The van der Waals surface area contributed by atoms with Gasteiger partial charge in [0.25, 0.3) is 0 Å². The minimum absolute atomic E-state index is 0.0853. The van der Waals surface area contributed by atoms with Gasteiger partial charge in [-0.1, -0.05) is 18.2 Å². The van der Waals surface area contributed by atoms with E-state index in [4.69, 9.17) is 4.74 Å². The zero-order valence-electron chi connectivity index (χ0n) is 13.5. The molecule has 2 aromatic rings. The van der Waals surface area contributed by atoms with E-state index in [-0.39, 0.29) is 17.7 Å². The normalized spacial score (nSPS) is 18.9. The fourth-order valence-corrected chi connectivity index (χ4v) is 3.57. The largest absolute Gasteiger partial charge is 0.374 e. The molecule has 2 heterocycles. The highest BCUT2D eigenvalue weighted by molar-refractivity contribution is 6.01. The van der Waals surface area contributed by atoms with Crippen LogP contribution in [-0.4, -0.2) is 23.3 Å². The number of pyridine rings is 1. The molecule has 5 nitrogen and oxygen atoms in total. The minimum atomic E-state index is -0.172. The van der Waals surface area contributed by atoms with Crippen LogP contribution in [0.25, 0.3) is 11.1 Å². The summed E-state index contributed by atoms with van der Waals surface area (Å²) >= 11 is 0. The summed E-state index contributed by atoms with van der Waals surface area (Å²) in [5.41, 5.74) is 6.04. The van der Waals surface area contributed by atoms with E-state index in [9.17, 15) is 9.59 Å². The number of aromatic nitrogens is 1. The molecule has 1 atom stereocenters. The first-order chi connectivity index (χ1) is 11.6. The van der Waals surface area contributed by atoms with Gasteiger partial charge in [0, 0.05) is 42.4 Å². The van der Waals surface area contributed by atoms with Gasteiger partial charge in [-0.2, -0.15) is 0 Å². The van der Waals surface area contributed by atoms with Gasteiger partial charge in [0.2, 0.25) is 5.91 Å². The number of aryl methyl sites for hydroxylation is 1. The molecule has 1 unspecified atom stereocenters. The molecule has 0 radical (unpaired) electrons. The molecule has 4 rings (SSSR count). The maximum absolute atomic E-state index is 11.8. The Labute approximate surface area is 140 Å². The molecule has 0 saturated carbocycles. The van der Waals surface area contributed by atoms with Crippen LogP contribution in [0, 0.1) is 0 Å². The quantitative estimate of drug-likeness (QED) is 0.923. The Hall–Kier alpha value is -2.53. The van der Waals surface area contributed by atoms with Gasteiger partial charge >= 0.3 is 0 Å². The van der Waals surface area contributed by atoms with Crippen molar-refractivity contribution in [3.8, 4) is 11.1 Å². The van der Waals surface area contributed by atoms with Crippen LogP contribution in [0.4, 0.5) is 0 Å². The number of nitrogens with zero attached hydrogens (tertiary/aromatic N) is 1. The maximum Gasteiger partial charge on any atom is 0.217 e. The van der Waals surface area contributed by atoms with Crippen LogP contribution in [0.3, 0.4) is 0 Å². The van der Waals surface area contributed by atoms with Crippen molar-refractivity contribution in [1.82, 2.24) is 10.3 Å². The number of Topliss-reactive ketones (excluding diaryl/α,β-unsaturated/α-hetero) is 1. The third-order valence-corrected chi connectivity index (χ3v) is 4.71. The molecule has 0 saturated heterocycles. The second-order valence-electron chi connectivity index (χ2n) is 6.32. The van der Waals surface area contributed by atoms with Crippen molar-refractivity contribution in [1.29, 1.82) is 0 Å². The summed E-state index contributed by atoms with van der Waals surface area (Å²) in [4.78, 5) is 27.6. The van der Waals surface area contributed by atoms with Crippen molar-refractivity contribution in [3.05, 3.63) is 52.8 Å². The number of nitrogens with one attached hydrogen (secondary N) is 1. The molecular formula is C19H18N2O3. The van der Waals surface area contributed by atoms with Gasteiger partial charge in [-0.25, -0.2) is 0 Å². The Morgan fingerprint density at radius 2 is 2.12 bits per heavy atom. The lowest BCUT2D eigenvalue weighted by Crippen LogP contribution is -2.33. The summed E-state index contributed by atoms with van der Waals surface area (Å²) in [5, 5.41) is 2.92. The molecule has 122 valence electrons. The van der Waals surface area contributed by atoms with Gasteiger partial charge in [-0.3, -0.25) is 14.6 Å². The molecule has 2 aliphatic rings. The highest BCUT2D eigenvalue weighted by Gasteiger charge is 2.25. The van der Waals surface area contributed by atoms with Gasteiger partial charge in [0.05, 0.1) is 19.3 Å². The first-order valence-electron chi connectivity index (χ1n) is 8.11. The Kier molecular flexibility index (Phi) is 3.65. The lowest BCUT2D eigenvalue weighted by atomic mass is 9.92. The molecule has 1 aliphatic heterocycles. The number of hydrogen-bond donors (Lipinski definition) is 1. The zero-order valence-corrected chi connectivity index (χ0v) is 13.5. The van der Waals surface area contributed by atoms with Crippen LogP contribution in [0.15, 0.2) is 30.6 Å². The molecule has 1 N–H and O–H groups in total. The monoisotopic (exact) mass is 322 g/mol. The summed E-state index contributed by atoms with van der Waals surface area (Å²) in [6.45, 7) is 2.46. The molecule has 1 aromatic carbocycles. The molecule has 1 amide bonds. The molecule has 1 aromatic heterocycles. The zero-order chi connectivity index (χ0) is 16.7. The predicted octanol–water partition coefficient (Wildman–Crippen LogP) is 2.58. The van der Waals surface area contributed by atoms with E-state index in [0.717, 1.165) is 39.8 Å². The summed E-state index contributed by atoms with van der Waals surface area (Å²) in [6, 6.07) is 5.80. The SMILES string of the molecule is CC(=O)NC1COCc2c(-c3ccc4c(c3)CCC4=O)cncc21. The van der Waals surface area contributed by atoms with E-state index in [2.05, 4.69) is 16.4 Å². The van der Waals surface area contributed by atoms with Gasteiger partial charge < -0.3 is 10.1 Å². The van der Waals surface area contributed by atoms with E-state index in [1.165, 1.54) is 6.92 Å². The van der Waals surface area contributed by atoms with Crippen LogP contribution >= 0.6 is 0 Å². The third-order valence-electron chi connectivity index (χ3n) is 4.71. The van der Waals surface area contributed by atoms with Crippen molar-refractivity contribution in [3.63, 3.8) is 0 Å². The van der Waals surface area contributed by atoms with Crippen molar-refractivity contribution in [2.75, 3.05) is 6.61 Å². The van der Waals surface area contributed by atoms with E-state index >= 15 is 0 Å². The highest BCUT2D eigenvalue weighted by atomic mass is 16.5. The lowest BCUT2D eigenvalue weighted by molar-refractivity contribution is -0.120. The topological polar surface area (TPSA) is 68.3 Å². The number of benzene rings is 1. The van der Waals surface area contributed by atoms with Crippen molar-refractivity contribution < 1.29 is 14.3 Å². The molecular weight excluding hydrogens is 304 g/mol. The average molecular weight is 322 g/mol. The van der Waals surface area contributed by atoms with Crippen molar-refractivity contribution in [2.45, 2.75) is 32.4 Å². The standard InChI is InChI=1S/C19H18N2O3/c1-11(22)21-18-10-24-9-17-15(7-20-8-16(17)18)13-2-4-14-12(6-13)3-5-19(14)23/h2,4,6-8,18H,3,5,9-10H2,1H3,(H,21,22). The molecule has 1 aliphatic carbocycles. The van der Waals surface area contributed by atoms with Crippen LogP contribution < -0.4 is 5.32 Å². The summed E-state index contributed by atoms with van der Waals surface area (Å²) in [7, 11) is 0. The summed E-state index contributed by atoms with van der Waals surface area (Å²) in [6.07, 6.45) is 5.03. The fraction of sp³-hybridized carbons (Fsp3) is 0.316. The number of fused-ring (bicyclic) bond motifs is 2. The number of rotatable bonds is 2. The Morgan fingerprint density at radius 3 is 2.96 bits per heavy atom. The van der Waals surface area contributed by atoms with Crippen LogP contribution in [0.2, 0.25) is 0 Å². The number of ether oxygens (including phenoxy) is 1. The summed E-state index contributed by atoms with van der Waals surface area (Å²) in [5.74, 6) is 0.136. The van der Waals surface area contributed by atoms with Crippen molar-refractivity contribution >= 4 is 11.7 Å². The second kappa shape index (κ2) is 5.83. The maximum atomic E-state index is 11.8. The number of carbonyl (C=O) groups excluding carboxylic acids is 2. The first kappa shape index (κ1) is 15.0. The number of hydrogen-bond acceptors (Lipinski definition) is 4. The van der Waals surface area contributed by atoms with E-state index in [1.807, 2.05) is 18.3 Å². The minimum Gasteiger partial charge on any atom is -0.374 e. The van der Waals surface area contributed by atoms with Crippen LogP contribution in [0.5, 0.6) is 0 Å². The third kappa shape index (κ3) is 2.51. The number of amides is 1. The second-order valence-corrected chi connectivity index (χ2v) is 6.32. The van der Waals surface area contributed by atoms with Crippen LogP contribution in [0.1, 0.15) is 46.4 Å². The van der Waals surface area contributed by atoms with E-state index in [0.29, 0.717) is 19.6 Å².